The van der Waals surface area contributed by atoms with Crippen molar-refractivity contribution in [1.29, 1.82) is 5.26 Å². The van der Waals surface area contributed by atoms with Crippen LogP contribution >= 0.6 is 0 Å². The van der Waals surface area contributed by atoms with Crippen molar-refractivity contribution in [1.82, 2.24) is 10.2 Å². The van der Waals surface area contributed by atoms with Crippen LogP contribution < -0.4 is 10.6 Å². The van der Waals surface area contributed by atoms with E-state index in [9.17, 15) is 9.18 Å². The van der Waals surface area contributed by atoms with Gasteiger partial charge in [0.1, 0.15) is 11.6 Å². The van der Waals surface area contributed by atoms with Crippen molar-refractivity contribution < 1.29 is 13.6 Å². The van der Waals surface area contributed by atoms with Crippen molar-refractivity contribution in [2.45, 2.75) is 19.4 Å². The molecule has 0 radical (unpaired) electrons. The third-order valence-corrected chi connectivity index (χ3v) is 4.46. The van der Waals surface area contributed by atoms with Crippen molar-refractivity contribution in [2.75, 3.05) is 25.0 Å². The molecule has 1 unspecified atom stereocenters. The largest absolute Gasteiger partial charge is 0.468 e. The Kier molecular flexibility index (Phi) is 5.87. The molecular weight excluding hydrogens is 335 g/mol. The number of hydrogen-bond donors (Lipinski definition) is 2. The minimum absolute atomic E-state index is 0.0598. The van der Waals surface area contributed by atoms with Gasteiger partial charge in [0.2, 0.25) is 0 Å². The number of halogens is 1. The number of nitriles is 1. The number of benzene rings is 1. The first-order valence-corrected chi connectivity index (χ1v) is 8.63. The molecule has 0 saturated carbocycles. The first-order chi connectivity index (χ1) is 12.6. The Bertz CT molecular complexity index is 785. The number of amides is 2. The van der Waals surface area contributed by atoms with Crippen LogP contribution in [0.15, 0.2) is 41.0 Å². The van der Waals surface area contributed by atoms with Crippen LogP contribution in [-0.2, 0) is 6.54 Å². The number of urea groups is 1. The van der Waals surface area contributed by atoms with Crippen LogP contribution in [0.3, 0.4) is 0 Å². The topological polar surface area (TPSA) is 81.3 Å². The highest BCUT2D eigenvalue weighted by Gasteiger charge is 2.21. The van der Waals surface area contributed by atoms with Gasteiger partial charge in [0.15, 0.2) is 0 Å². The lowest BCUT2D eigenvalue weighted by molar-refractivity contribution is 0.156. The number of nitrogens with zero attached hydrogens (tertiary/aromatic N) is 2. The minimum atomic E-state index is -0.624. The smallest absolute Gasteiger partial charge is 0.319 e. The molecule has 26 heavy (non-hydrogen) atoms. The summed E-state index contributed by atoms with van der Waals surface area (Å²) in [6, 6.07) is 9.20. The summed E-state index contributed by atoms with van der Waals surface area (Å²) < 4.78 is 19.2. The molecule has 0 aliphatic carbocycles. The van der Waals surface area contributed by atoms with Gasteiger partial charge in [-0.2, -0.15) is 5.26 Å². The minimum Gasteiger partial charge on any atom is -0.468 e. The fraction of sp³-hybridized carbons (Fsp3) is 0.368. The summed E-state index contributed by atoms with van der Waals surface area (Å²) in [6.07, 6.45) is 3.78. The predicted octanol–water partition coefficient (Wildman–Crippen LogP) is 3.32. The SMILES string of the molecule is N#Cc1ccc(NC(=O)NCC2CCCN(Cc3ccco3)C2)c(F)c1. The van der Waals surface area contributed by atoms with E-state index in [0.717, 1.165) is 44.3 Å². The van der Waals surface area contributed by atoms with Crippen LogP contribution in [0.2, 0.25) is 0 Å². The summed E-state index contributed by atoms with van der Waals surface area (Å²) >= 11 is 0. The van der Waals surface area contributed by atoms with E-state index in [1.807, 2.05) is 18.2 Å². The van der Waals surface area contributed by atoms with Crippen LogP contribution in [0, 0.1) is 23.1 Å². The zero-order chi connectivity index (χ0) is 18.4. The molecule has 3 rings (SSSR count). The number of likely N-dealkylation sites (tertiary alicyclic amines) is 1. The van der Waals surface area contributed by atoms with E-state index in [-0.39, 0.29) is 11.3 Å². The number of rotatable bonds is 5. The van der Waals surface area contributed by atoms with E-state index in [0.29, 0.717) is 12.5 Å². The third-order valence-electron chi connectivity index (χ3n) is 4.46. The average molecular weight is 356 g/mol. The highest BCUT2D eigenvalue weighted by molar-refractivity contribution is 5.89. The quantitative estimate of drug-likeness (QED) is 0.861. The zero-order valence-corrected chi connectivity index (χ0v) is 14.4. The molecule has 6 nitrogen and oxygen atoms in total. The Morgan fingerprint density at radius 3 is 3.04 bits per heavy atom. The Labute approximate surface area is 151 Å². The highest BCUT2D eigenvalue weighted by atomic mass is 19.1. The van der Waals surface area contributed by atoms with Gasteiger partial charge in [-0.3, -0.25) is 4.90 Å². The summed E-state index contributed by atoms with van der Waals surface area (Å²) in [5.74, 6) is 0.657. The van der Waals surface area contributed by atoms with Gasteiger partial charge in [0.05, 0.1) is 30.1 Å². The molecule has 0 spiro atoms. The molecule has 7 heteroatoms. The summed E-state index contributed by atoms with van der Waals surface area (Å²) in [6.45, 7) is 3.19. The molecular formula is C19H21FN4O2. The number of piperidine rings is 1. The van der Waals surface area contributed by atoms with Crippen molar-refractivity contribution in [2.24, 2.45) is 5.92 Å². The fourth-order valence-electron chi connectivity index (χ4n) is 3.17. The van der Waals surface area contributed by atoms with Crippen LogP contribution in [0.25, 0.3) is 0 Å². The number of furan rings is 1. The summed E-state index contributed by atoms with van der Waals surface area (Å²) in [5.41, 5.74) is 0.275. The maximum Gasteiger partial charge on any atom is 0.319 e. The van der Waals surface area contributed by atoms with E-state index in [1.165, 1.54) is 12.1 Å². The van der Waals surface area contributed by atoms with Gasteiger partial charge < -0.3 is 15.1 Å². The zero-order valence-electron chi connectivity index (χ0n) is 14.4. The number of carbonyl (C=O) groups is 1. The maximum atomic E-state index is 13.8. The molecule has 2 N–H and O–H groups in total. The normalized spacial score (nSPS) is 17.5. The van der Waals surface area contributed by atoms with E-state index in [1.54, 1.807) is 6.26 Å². The van der Waals surface area contributed by atoms with Crippen molar-refractivity contribution in [3.8, 4) is 6.07 Å². The van der Waals surface area contributed by atoms with E-state index in [4.69, 9.17) is 9.68 Å². The summed E-state index contributed by atoms with van der Waals surface area (Å²) in [5, 5.41) is 14.0. The molecule has 2 heterocycles. The summed E-state index contributed by atoms with van der Waals surface area (Å²) in [7, 11) is 0. The average Bonchev–Trinajstić information content (AvgIpc) is 3.15. The molecule has 1 fully saturated rings. The van der Waals surface area contributed by atoms with Gasteiger partial charge in [0.25, 0.3) is 0 Å². The maximum absolute atomic E-state index is 13.8. The molecule has 1 atom stereocenters. The molecule has 1 aliphatic rings. The van der Waals surface area contributed by atoms with Crippen LogP contribution in [-0.4, -0.2) is 30.6 Å². The van der Waals surface area contributed by atoms with Gasteiger partial charge in [-0.15, -0.1) is 0 Å². The molecule has 1 saturated heterocycles. The lowest BCUT2D eigenvalue weighted by Crippen LogP contribution is -2.41. The van der Waals surface area contributed by atoms with Crippen LogP contribution in [0.4, 0.5) is 14.9 Å². The Hall–Kier alpha value is -2.85. The Morgan fingerprint density at radius 2 is 2.31 bits per heavy atom. The van der Waals surface area contributed by atoms with Gasteiger partial charge in [-0.1, -0.05) is 0 Å². The number of carbonyl (C=O) groups excluding carboxylic acids is 1. The van der Waals surface area contributed by atoms with Crippen LogP contribution in [0.5, 0.6) is 0 Å². The molecule has 2 amide bonds. The number of hydrogen-bond acceptors (Lipinski definition) is 4. The first-order valence-electron chi connectivity index (χ1n) is 8.63. The Balaban J connectivity index is 1.46. The summed E-state index contributed by atoms with van der Waals surface area (Å²) in [4.78, 5) is 14.3. The molecule has 1 aliphatic heterocycles. The Morgan fingerprint density at radius 1 is 1.42 bits per heavy atom. The first kappa shape index (κ1) is 18.0. The molecule has 136 valence electrons. The molecule has 1 aromatic carbocycles. The van der Waals surface area contributed by atoms with Gasteiger partial charge in [-0.05, 0) is 55.6 Å². The standard InChI is InChI=1S/C19H21FN4O2/c20-17-9-14(10-21)5-6-18(17)23-19(25)22-11-15-3-1-7-24(12-15)13-16-4-2-8-26-16/h2,4-6,8-9,15H,1,3,7,11-13H2,(H2,22,23,25). The number of nitrogens with one attached hydrogen (secondary N) is 2. The molecule has 1 aromatic heterocycles. The fourth-order valence-corrected chi connectivity index (χ4v) is 3.17. The number of anilines is 1. The third kappa shape index (κ3) is 4.83. The van der Waals surface area contributed by atoms with Crippen molar-refractivity contribution in [3.05, 3.63) is 53.7 Å². The predicted molar refractivity (Wildman–Crippen MR) is 94.8 cm³/mol. The van der Waals surface area contributed by atoms with E-state index < -0.39 is 11.8 Å². The van der Waals surface area contributed by atoms with Crippen molar-refractivity contribution in [3.63, 3.8) is 0 Å². The highest BCUT2D eigenvalue weighted by Crippen LogP contribution is 2.19. The second-order valence-corrected chi connectivity index (χ2v) is 6.46. The lowest BCUT2D eigenvalue weighted by Gasteiger charge is -2.32. The molecule has 2 aromatic rings. The van der Waals surface area contributed by atoms with E-state index >= 15 is 0 Å². The van der Waals surface area contributed by atoms with Crippen LogP contribution in [0.1, 0.15) is 24.2 Å². The van der Waals surface area contributed by atoms with Gasteiger partial charge in [0, 0.05) is 13.1 Å². The monoisotopic (exact) mass is 356 g/mol. The van der Waals surface area contributed by atoms with Gasteiger partial charge in [-0.25, -0.2) is 9.18 Å². The second-order valence-electron chi connectivity index (χ2n) is 6.46. The second kappa shape index (κ2) is 8.50. The van der Waals surface area contributed by atoms with Crippen molar-refractivity contribution >= 4 is 11.7 Å². The van der Waals surface area contributed by atoms with E-state index in [2.05, 4.69) is 15.5 Å². The lowest BCUT2D eigenvalue weighted by atomic mass is 9.98. The van der Waals surface area contributed by atoms with Gasteiger partial charge >= 0.3 is 6.03 Å². The molecule has 0 bridgehead atoms.